The molecule has 0 unspecified atom stereocenters. The number of nitrogens with one attached hydrogen (secondary N) is 1. The predicted molar refractivity (Wildman–Crippen MR) is 62.5 cm³/mol. The second-order valence-corrected chi connectivity index (χ2v) is 4.45. The van der Waals surface area contributed by atoms with E-state index in [2.05, 4.69) is 51.2 Å². The van der Waals surface area contributed by atoms with Crippen LogP contribution in [0.5, 0.6) is 0 Å². The van der Waals surface area contributed by atoms with Crippen LogP contribution in [0.1, 0.15) is 30.5 Å². The zero-order valence-corrected chi connectivity index (χ0v) is 9.72. The molecule has 0 saturated heterocycles. The molecule has 1 rings (SSSR count). The first kappa shape index (κ1) is 11.3. The maximum atomic E-state index is 3.47. The summed E-state index contributed by atoms with van der Waals surface area (Å²) in [7, 11) is 0. The van der Waals surface area contributed by atoms with Crippen molar-refractivity contribution >= 4 is 0 Å². The van der Waals surface area contributed by atoms with Gasteiger partial charge in [-0.15, -0.1) is 0 Å². The second kappa shape index (κ2) is 5.16. The Kier molecular flexibility index (Phi) is 4.15. The first-order valence-corrected chi connectivity index (χ1v) is 5.36. The minimum atomic E-state index is 0.722. The Bertz CT molecular complexity index is 289. The molecule has 1 nitrogen and oxygen atoms in total. The molecule has 0 spiro atoms. The third-order valence-corrected chi connectivity index (χ3v) is 2.37. The van der Waals surface area contributed by atoms with Crippen LogP contribution in [0.3, 0.4) is 0 Å². The Balaban J connectivity index is 2.53. The molecule has 0 aliphatic rings. The van der Waals surface area contributed by atoms with Crippen LogP contribution in [0, 0.1) is 19.8 Å². The largest absolute Gasteiger partial charge is 0.312 e. The zero-order chi connectivity index (χ0) is 10.6. The van der Waals surface area contributed by atoms with Gasteiger partial charge >= 0.3 is 0 Å². The minimum absolute atomic E-state index is 0.722. The van der Waals surface area contributed by atoms with E-state index in [1.807, 2.05) is 0 Å². The van der Waals surface area contributed by atoms with Crippen molar-refractivity contribution in [3.63, 3.8) is 0 Å². The third-order valence-electron chi connectivity index (χ3n) is 2.37. The third kappa shape index (κ3) is 3.51. The van der Waals surface area contributed by atoms with E-state index in [0.717, 1.165) is 19.0 Å². The Hall–Kier alpha value is -0.820. The van der Waals surface area contributed by atoms with Gasteiger partial charge in [-0.05, 0) is 37.4 Å². The van der Waals surface area contributed by atoms with Crippen LogP contribution in [-0.2, 0) is 6.54 Å². The Labute approximate surface area is 87.5 Å². The highest BCUT2D eigenvalue weighted by Gasteiger charge is 1.99. The van der Waals surface area contributed by atoms with E-state index in [1.165, 1.54) is 16.7 Å². The molecular weight excluding hydrogens is 170 g/mol. The van der Waals surface area contributed by atoms with Crippen molar-refractivity contribution in [2.24, 2.45) is 5.92 Å². The normalized spacial score (nSPS) is 10.9. The summed E-state index contributed by atoms with van der Waals surface area (Å²) in [5, 5.41) is 3.47. The predicted octanol–water partition coefficient (Wildman–Crippen LogP) is 3.05. The van der Waals surface area contributed by atoms with Gasteiger partial charge in [0.1, 0.15) is 0 Å². The van der Waals surface area contributed by atoms with Crippen LogP contribution >= 0.6 is 0 Å². The highest BCUT2D eigenvalue weighted by atomic mass is 14.8. The van der Waals surface area contributed by atoms with Crippen molar-refractivity contribution in [2.45, 2.75) is 34.2 Å². The van der Waals surface area contributed by atoms with Gasteiger partial charge in [0.2, 0.25) is 0 Å². The summed E-state index contributed by atoms with van der Waals surface area (Å²) in [4.78, 5) is 0. The van der Waals surface area contributed by atoms with Crippen LogP contribution < -0.4 is 5.32 Å². The summed E-state index contributed by atoms with van der Waals surface area (Å²) in [6.45, 7) is 10.9. The van der Waals surface area contributed by atoms with Gasteiger partial charge in [0, 0.05) is 6.54 Å². The standard InChI is InChI=1S/C13H21N/c1-10(2)8-14-9-13-7-11(3)5-6-12(13)4/h5-7,10,14H,8-9H2,1-4H3. The maximum absolute atomic E-state index is 3.47. The van der Waals surface area contributed by atoms with Crippen molar-refractivity contribution in [2.75, 3.05) is 6.54 Å². The van der Waals surface area contributed by atoms with Crippen LogP contribution in [0.2, 0.25) is 0 Å². The Morgan fingerprint density at radius 1 is 1.21 bits per heavy atom. The molecular formula is C13H21N. The van der Waals surface area contributed by atoms with Crippen molar-refractivity contribution in [1.29, 1.82) is 0 Å². The first-order valence-electron chi connectivity index (χ1n) is 5.36. The van der Waals surface area contributed by atoms with E-state index in [9.17, 15) is 0 Å². The van der Waals surface area contributed by atoms with E-state index >= 15 is 0 Å². The first-order chi connectivity index (χ1) is 6.59. The molecule has 0 fully saturated rings. The zero-order valence-electron chi connectivity index (χ0n) is 9.72. The molecule has 14 heavy (non-hydrogen) atoms. The fourth-order valence-corrected chi connectivity index (χ4v) is 1.49. The lowest BCUT2D eigenvalue weighted by Gasteiger charge is -2.10. The molecule has 0 saturated carbocycles. The Morgan fingerprint density at radius 2 is 1.93 bits per heavy atom. The Morgan fingerprint density at radius 3 is 2.57 bits per heavy atom. The van der Waals surface area contributed by atoms with Crippen molar-refractivity contribution in [3.8, 4) is 0 Å². The van der Waals surface area contributed by atoms with E-state index in [-0.39, 0.29) is 0 Å². The van der Waals surface area contributed by atoms with Crippen LogP contribution in [0.4, 0.5) is 0 Å². The fraction of sp³-hybridized carbons (Fsp3) is 0.538. The molecule has 0 amide bonds. The quantitative estimate of drug-likeness (QED) is 0.771. The number of rotatable bonds is 4. The highest BCUT2D eigenvalue weighted by Crippen LogP contribution is 2.10. The van der Waals surface area contributed by atoms with Gasteiger partial charge in [0.15, 0.2) is 0 Å². The van der Waals surface area contributed by atoms with Gasteiger partial charge in [-0.1, -0.05) is 37.6 Å². The molecule has 1 N–H and O–H groups in total. The smallest absolute Gasteiger partial charge is 0.0208 e. The molecule has 0 aliphatic carbocycles. The fourth-order valence-electron chi connectivity index (χ4n) is 1.49. The van der Waals surface area contributed by atoms with Gasteiger partial charge in [-0.25, -0.2) is 0 Å². The van der Waals surface area contributed by atoms with Crippen molar-refractivity contribution in [3.05, 3.63) is 34.9 Å². The number of hydrogen-bond donors (Lipinski definition) is 1. The second-order valence-electron chi connectivity index (χ2n) is 4.45. The average Bonchev–Trinajstić information content (AvgIpc) is 2.10. The summed E-state index contributed by atoms with van der Waals surface area (Å²) in [5.74, 6) is 0.722. The molecule has 0 radical (unpaired) electrons. The molecule has 1 aromatic carbocycles. The summed E-state index contributed by atoms with van der Waals surface area (Å²) >= 11 is 0. The molecule has 1 heteroatoms. The molecule has 0 heterocycles. The summed E-state index contributed by atoms with van der Waals surface area (Å²) in [5.41, 5.74) is 4.15. The van der Waals surface area contributed by atoms with E-state index in [1.54, 1.807) is 0 Å². The molecule has 0 aliphatic heterocycles. The van der Waals surface area contributed by atoms with Gasteiger partial charge in [-0.2, -0.15) is 0 Å². The molecule has 1 aromatic rings. The number of hydrogen-bond acceptors (Lipinski definition) is 1. The summed E-state index contributed by atoms with van der Waals surface area (Å²) < 4.78 is 0. The van der Waals surface area contributed by atoms with Gasteiger partial charge in [-0.3, -0.25) is 0 Å². The van der Waals surface area contributed by atoms with Crippen LogP contribution in [0.15, 0.2) is 18.2 Å². The summed E-state index contributed by atoms with van der Waals surface area (Å²) in [6.07, 6.45) is 0. The monoisotopic (exact) mass is 191 g/mol. The molecule has 0 aromatic heterocycles. The SMILES string of the molecule is Cc1ccc(C)c(CNCC(C)C)c1. The van der Waals surface area contributed by atoms with Gasteiger partial charge in [0.05, 0.1) is 0 Å². The lowest BCUT2D eigenvalue weighted by atomic mass is 10.1. The van der Waals surface area contributed by atoms with E-state index < -0.39 is 0 Å². The number of benzene rings is 1. The lowest BCUT2D eigenvalue weighted by molar-refractivity contribution is 0.551. The lowest BCUT2D eigenvalue weighted by Crippen LogP contribution is -2.19. The van der Waals surface area contributed by atoms with Crippen LogP contribution in [0.25, 0.3) is 0 Å². The van der Waals surface area contributed by atoms with Crippen molar-refractivity contribution in [1.82, 2.24) is 5.32 Å². The summed E-state index contributed by atoms with van der Waals surface area (Å²) in [6, 6.07) is 6.63. The topological polar surface area (TPSA) is 12.0 Å². The van der Waals surface area contributed by atoms with Gasteiger partial charge in [0.25, 0.3) is 0 Å². The molecule has 0 atom stereocenters. The molecule has 78 valence electrons. The number of aryl methyl sites for hydroxylation is 2. The van der Waals surface area contributed by atoms with E-state index in [0.29, 0.717) is 0 Å². The van der Waals surface area contributed by atoms with Gasteiger partial charge < -0.3 is 5.32 Å². The van der Waals surface area contributed by atoms with Crippen molar-refractivity contribution < 1.29 is 0 Å². The van der Waals surface area contributed by atoms with E-state index in [4.69, 9.17) is 0 Å². The molecule has 0 bridgehead atoms. The average molecular weight is 191 g/mol. The maximum Gasteiger partial charge on any atom is 0.0208 e. The highest BCUT2D eigenvalue weighted by molar-refractivity contribution is 5.30. The van der Waals surface area contributed by atoms with Crippen LogP contribution in [-0.4, -0.2) is 6.54 Å². The minimum Gasteiger partial charge on any atom is -0.312 e.